The van der Waals surface area contributed by atoms with Crippen molar-refractivity contribution in [3.63, 3.8) is 0 Å². The highest BCUT2D eigenvalue weighted by molar-refractivity contribution is 7.92. The van der Waals surface area contributed by atoms with Crippen molar-refractivity contribution in [2.75, 3.05) is 26.9 Å². The van der Waals surface area contributed by atoms with Crippen molar-refractivity contribution in [1.82, 2.24) is 4.98 Å². The average molecular weight is 520 g/mol. The molecule has 12 heteroatoms. The van der Waals surface area contributed by atoms with Gasteiger partial charge in [0.25, 0.3) is 0 Å². The monoisotopic (exact) mass is 519 g/mol. The number of halogens is 3. The second-order valence-corrected chi connectivity index (χ2v) is 10.3. The fraction of sp³-hybridized carbons (Fsp3) is 0.250. The minimum atomic E-state index is -4.51. The zero-order valence-electron chi connectivity index (χ0n) is 19.2. The molecule has 2 aromatic carbocycles. The van der Waals surface area contributed by atoms with Gasteiger partial charge in [0, 0.05) is 17.3 Å². The van der Waals surface area contributed by atoms with Crippen LogP contribution in [0.3, 0.4) is 0 Å². The van der Waals surface area contributed by atoms with E-state index >= 15 is 0 Å². The normalized spacial score (nSPS) is 14.1. The first-order valence-electron chi connectivity index (χ1n) is 11.0. The predicted molar refractivity (Wildman–Crippen MR) is 133 cm³/mol. The lowest BCUT2D eigenvalue weighted by molar-refractivity contribution is -0.137. The Morgan fingerprint density at radius 3 is 2.39 bits per heavy atom. The minimum absolute atomic E-state index is 0.137. The number of carbonyl (C=O) groups excluding carboxylic acids is 1. The van der Waals surface area contributed by atoms with Crippen LogP contribution >= 0.6 is 0 Å². The lowest BCUT2D eigenvalue weighted by Crippen LogP contribution is -2.47. The summed E-state index contributed by atoms with van der Waals surface area (Å²) in [5, 5.41) is 2.74. The standard InChI is InChI=1S/C24H24F3N5O3S/c1-36(34,35)31-18-8-3-7-17(14-18)29-23(33)32(19-9-4-10-19)22-20(28)11-12-21(30-22)15-5-2-6-16(13-15)24(25,26)27/h2-3,5-8,11-14,19,31H,4,9-10,28H2,1H3,(H,29,33). The third-order valence-corrected chi connectivity index (χ3v) is 6.30. The SMILES string of the molecule is CS(=O)(=O)Nc1cccc(NC(=O)N(c2nc(-c3cccc(C(F)(F)F)c3)ccc2N)C2CCC2)c1. The molecule has 2 amide bonds. The molecule has 1 aromatic heterocycles. The molecular formula is C24H24F3N5O3S. The number of nitrogens with two attached hydrogens (primary N) is 1. The number of nitrogens with one attached hydrogen (secondary N) is 2. The molecule has 0 atom stereocenters. The number of anilines is 4. The third kappa shape index (κ3) is 5.88. The van der Waals surface area contributed by atoms with Crippen LogP contribution in [-0.4, -0.2) is 31.7 Å². The number of alkyl halides is 3. The number of nitrogens with zero attached hydrogens (tertiary/aromatic N) is 2. The summed E-state index contributed by atoms with van der Waals surface area (Å²) < 4.78 is 65.0. The number of urea groups is 1. The van der Waals surface area contributed by atoms with Gasteiger partial charge in [0.2, 0.25) is 10.0 Å². The van der Waals surface area contributed by atoms with Crippen LogP contribution in [0.5, 0.6) is 0 Å². The third-order valence-electron chi connectivity index (χ3n) is 5.69. The first-order valence-corrected chi connectivity index (χ1v) is 12.9. The quantitative estimate of drug-likeness (QED) is 0.408. The zero-order valence-corrected chi connectivity index (χ0v) is 20.0. The molecule has 0 unspecified atom stereocenters. The number of amides is 2. The van der Waals surface area contributed by atoms with E-state index in [2.05, 4.69) is 15.0 Å². The molecule has 1 fully saturated rings. The number of nitrogen functional groups attached to an aromatic ring is 1. The second-order valence-electron chi connectivity index (χ2n) is 8.53. The number of rotatable bonds is 6. The highest BCUT2D eigenvalue weighted by atomic mass is 32.2. The Morgan fingerprint density at radius 1 is 1.06 bits per heavy atom. The van der Waals surface area contributed by atoms with Crippen LogP contribution < -0.4 is 20.7 Å². The van der Waals surface area contributed by atoms with Gasteiger partial charge in [-0.25, -0.2) is 18.2 Å². The summed E-state index contributed by atoms with van der Waals surface area (Å²) in [6.45, 7) is 0. The Morgan fingerprint density at radius 2 is 1.75 bits per heavy atom. The predicted octanol–water partition coefficient (Wildman–Crippen LogP) is 5.31. The van der Waals surface area contributed by atoms with Crippen molar-refractivity contribution < 1.29 is 26.4 Å². The highest BCUT2D eigenvalue weighted by Gasteiger charge is 2.33. The molecular weight excluding hydrogens is 495 g/mol. The Labute approximate surface area is 206 Å². The zero-order chi connectivity index (χ0) is 26.1. The summed E-state index contributed by atoms with van der Waals surface area (Å²) in [4.78, 5) is 19.2. The molecule has 0 spiro atoms. The molecule has 0 bridgehead atoms. The fourth-order valence-electron chi connectivity index (χ4n) is 3.81. The van der Waals surface area contributed by atoms with Gasteiger partial charge in [-0.3, -0.25) is 9.62 Å². The maximum absolute atomic E-state index is 13.4. The highest BCUT2D eigenvalue weighted by Crippen LogP contribution is 2.36. The summed E-state index contributed by atoms with van der Waals surface area (Å²) in [5.41, 5.74) is 6.64. The van der Waals surface area contributed by atoms with E-state index < -0.39 is 27.8 Å². The largest absolute Gasteiger partial charge is 0.416 e. The van der Waals surface area contributed by atoms with Crippen LogP contribution in [0.25, 0.3) is 11.3 Å². The van der Waals surface area contributed by atoms with Gasteiger partial charge in [-0.2, -0.15) is 13.2 Å². The van der Waals surface area contributed by atoms with Crippen LogP contribution in [0.4, 0.5) is 40.8 Å². The lowest BCUT2D eigenvalue weighted by Gasteiger charge is -2.37. The lowest BCUT2D eigenvalue weighted by atomic mass is 9.91. The summed E-state index contributed by atoms with van der Waals surface area (Å²) >= 11 is 0. The van der Waals surface area contributed by atoms with E-state index in [1.54, 1.807) is 18.2 Å². The number of sulfonamides is 1. The number of carbonyl (C=O) groups is 1. The van der Waals surface area contributed by atoms with Crippen molar-refractivity contribution in [3.8, 4) is 11.3 Å². The molecule has 1 saturated carbocycles. The summed E-state index contributed by atoms with van der Waals surface area (Å²) in [5.74, 6) is 0.137. The summed E-state index contributed by atoms with van der Waals surface area (Å²) in [6.07, 6.45) is -1.18. The molecule has 0 radical (unpaired) electrons. The Balaban J connectivity index is 1.66. The van der Waals surface area contributed by atoms with E-state index in [0.29, 0.717) is 18.5 Å². The van der Waals surface area contributed by atoms with Crippen molar-refractivity contribution in [1.29, 1.82) is 0 Å². The van der Waals surface area contributed by atoms with Crippen LogP contribution in [0, 0.1) is 0 Å². The fourth-order valence-corrected chi connectivity index (χ4v) is 4.36. The van der Waals surface area contributed by atoms with Gasteiger partial charge < -0.3 is 11.1 Å². The summed E-state index contributed by atoms with van der Waals surface area (Å²) in [7, 11) is -3.51. The van der Waals surface area contributed by atoms with Crippen LogP contribution in [0.15, 0.2) is 60.7 Å². The van der Waals surface area contributed by atoms with Crippen LogP contribution in [-0.2, 0) is 16.2 Å². The van der Waals surface area contributed by atoms with E-state index in [-0.39, 0.29) is 34.5 Å². The average Bonchev–Trinajstić information content (AvgIpc) is 2.75. The number of aromatic nitrogens is 1. The molecule has 1 heterocycles. The Kier molecular flexibility index (Phi) is 6.81. The van der Waals surface area contributed by atoms with E-state index in [4.69, 9.17) is 5.73 Å². The smallest absolute Gasteiger partial charge is 0.396 e. The van der Waals surface area contributed by atoms with Crippen LogP contribution in [0.1, 0.15) is 24.8 Å². The Bertz CT molecular complexity index is 1390. The van der Waals surface area contributed by atoms with Gasteiger partial charge in [-0.15, -0.1) is 0 Å². The molecule has 1 aliphatic rings. The molecule has 3 aromatic rings. The van der Waals surface area contributed by atoms with Crippen molar-refractivity contribution in [2.24, 2.45) is 0 Å². The van der Waals surface area contributed by atoms with E-state index in [9.17, 15) is 26.4 Å². The van der Waals surface area contributed by atoms with Crippen LogP contribution in [0.2, 0.25) is 0 Å². The first kappa shape index (κ1) is 25.3. The van der Waals surface area contributed by atoms with Gasteiger partial charge in [-0.05, 0) is 61.7 Å². The van der Waals surface area contributed by atoms with Gasteiger partial charge in [0.05, 0.1) is 28.9 Å². The maximum Gasteiger partial charge on any atom is 0.416 e. The molecule has 0 saturated heterocycles. The molecule has 1 aliphatic carbocycles. The molecule has 0 aliphatic heterocycles. The first-order chi connectivity index (χ1) is 16.9. The molecule has 8 nitrogen and oxygen atoms in total. The van der Waals surface area contributed by atoms with E-state index in [1.165, 1.54) is 35.2 Å². The van der Waals surface area contributed by atoms with Gasteiger partial charge in [0.1, 0.15) is 0 Å². The second kappa shape index (κ2) is 9.69. The van der Waals surface area contributed by atoms with Crippen molar-refractivity contribution >= 4 is 38.9 Å². The molecule has 36 heavy (non-hydrogen) atoms. The topological polar surface area (TPSA) is 117 Å². The van der Waals surface area contributed by atoms with Gasteiger partial charge in [-0.1, -0.05) is 18.2 Å². The number of benzene rings is 2. The molecule has 4 rings (SSSR count). The van der Waals surface area contributed by atoms with Crippen molar-refractivity contribution in [3.05, 3.63) is 66.2 Å². The Hall–Kier alpha value is -3.80. The number of hydrogen-bond donors (Lipinski definition) is 3. The van der Waals surface area contributed by atoms with Gasteiger partial charge >= 0.3 is 12.2 Å². The molecule has 190 valence electrons. The van der Waals surface area contributed by atoms with E-state index in [0.717, 1.165) is 24.8 Å². The number of hydrogen-bond acceptors (Lipinski definition) is 5. The summed E-state index contributed by atoms with van der Waals surface area (Å²) in [6, 6.07) is 13.2. The van der Waals surface area contributed by atoms with Gasteiger partial charge in [0.15, 0.2) is 5.82 Å². The van der Waals surface area contributed by atoms with E-state index in [1.807, 2.05) is 0 Å². The minimum Gasteiger partial charge on any atom is -0.396 e. The van der Waals surface area contributed by atoms with Crippen molar-refractivity contribution in [2.45, 2.75) is 31.5 Å². The maximum atomic E-state index is 13.4. The molecule has 4 N–H and O–H groups in total. The number of pyridine rings is 1.